The van der Waals surface area contributed by atoms with Crippen molar-refractivity contribution in [2.24, 2.45) is 0 Å². The Balaban J connectivity index is 2.17. The third kappa shape index (κ3) is 3.17. The first-order valence-electron chi connectivity index (χ1n) is 7.18. The molecule has 0 saturated heterocycles. The molecule has 1 heterocycles. The van der Waals surface area contributed by atoms with Crippen molar-refractivity contribution in [3.8, 4) is 22.6 Å². The van der Waals surface area contributed by atoms with Gasteiger partial charge in [-0.2, -0.15) is 13.4 Å². The Labute approximate surface area is 140 Å². The van der Waals surface area contributed by atoms with E-state index in [0.29, 0.717) is 22.6 Å². The lowest BCUT2D eigenvalue weighted by Gasteiger charge is -2.12. The van der Waals surface area contributed by atoms with Gasteiger partial charge in [-0.1, -0.05) is 30.3 Å². The van der Waals surface area contributed by atoms with Crippen LogP contribution in [-0.4, -0.2) is 32.0 Å². The van der Waals surface area contributed by atoms with E-state index in [0.717, 1.165) is 5.69 Å². The van der Waals surface area contributed by atoms with Gasteiger partial charge in [0.1, 0.15) is 5.69 Å². The van der Waals surface area contributed by atoms with Crippen LogP contribution in [0.25, 0.3) is 22.6 Å². The molecule has 0 aliphatic carbocycles. The Kier molecular flexibility index (Phi) is 4.13. The van der Waals surface area contributed by atoms with Crippen molar-refractivity contribution in [3.63, 3.8) is 0 Å². The van der Waals surface area contributed by atoms with Gasteiger partial charge in [-0.05, 0) is 24.3 Å². The summed E-state index contributed by atoms with van der Waals surface area (Å²) in [6.45, 7) is 0. The molecule has 0 amide bonds. The first-order chi connectivity index (χ1) is 11.4. The molecule has 6 nitrogen and oxygen atoms in total. The molecule has 0 aliphatic heterocycles. The van der Waals surface area contributed by atoms with E-state index in [4.69, 9.17) is 4.42 Å². The lowest BCUT2D eigenvalue weighted by Crippen LogP contribution is -2.07. The second kappa shape index (κ2) is 6.10. The van der Waals surface area contributed by atoms with E-state index < -0.39 is 15.3 Å². The van der Waals surface area contributed by atoms with Crippen LogP contribution in [0.5, 0.6) is 0 Å². The summed E-state index contributed by atoms with van der Waals surface area (Å²) >= 11 is 0. The van der Waals surface area contributed by atoms with Crippen LogP contribution in [0.3, 0.4) is 0 Å². The average molecular weight is 344 g/mol. The molecular weight excluding hydrogens is 328 g/mol. The first kappa shape index (κ1) is 16.2. The van der Waals surface area contributed by atoms with Gasteiger partial charge in [-0.15, -0.1) is 0 Å². The van der Waals surface area contributed by atoms with Crippen molar-refractivity contribution >= 4 is 15.8 Å². The summed E-state index contributed by atoms with van der Waals surface area (Å²) < 4.78 is 37.4. The number of hydrogen-bond acceptors (Lipinski definition) is 5. The van der Waals surface area contributed by atoms with E-state index >= 15 is 0 Å². The highest BCUT2D eigenvalue weighted by Crippen LogP contribution is 2.34. The molecule has 0 spiro atoms. The lowest BCUT2D eigenvalue weighted by molar-refractivity contribution is 0.397. The minimum absolute atomic E-state index is 0.291. The summed E-state index contributed by atoms with van der Waals surface area (Å²) in [5, 5.41) is -0.715. The smallest absolute Gasteiger partial charge is 0.347 e. The van der Waals surface area contributed by atoms with Crippen LogP contribution < -0.4 is 4.90 Å². The summed E-state index contributed by atoms with van der Waals surface area (Å²) in [5.41, 5.74) is 2.72. The topological polar surface area (TPSA) is 83.6 Å². The van der Waals surface area contributed by atoms with Crippen LogP contribution >= 0.6 is 0 Å². The summed E-state index contributed by atoms with van der Waals surface area (Å²) in [4.78, 5) is 5.92. The van der Waals surface area contributed by atoms with Crippen molar-refractivity contribution in [1.82, 2.24) is 4.98 Å². The van der Waals surface area contributed by atoms with E-state index in [-0.39, 0.29) is 0 Å². The molecule has 3 aromatic rings. The molecule has 0 bridgehead atoms. The molecule has 124 valence electrons. The van der Waals surface area contributed by atoms with Gasteiger partial charge in [0.15, 0.2) is 5.76 Å². The number of aromatic nitrogens is 1. The van der Waals surface area contributed by atoms with Crippen molar-refractivity contribution in [2.45, 2.75) is 5.22 Å². The van der Waals surface area contributed by atoms with Crippen LogP contribution in [0.1, 0.15) is 0 Å². The Hall–Kier alpha value is -2.64. The average Bonchev–Trinajstić information content (AvgIpc) is 3.01. The Bertz CT molecular complexity index is 946. The highest BCUT2D eigenvalue weighted by molar-refractivity contribution is 7.85. The molecule has 0 fully saturated rings. The maximum absolute atomic E-state index is 11.4. The SMILES string of the molecule is CN(C)c1ccc(-c2oc(S(=O)(=O)O)nc2-c2ccccc2)cc1. The lowest BCUT2D eigenvalue weighted by atomic mass is 10.1. The standard InChI is InChI=1S/C17H16N2O4S/c1-19(2)14-10-8-13(9-11-14)16-15(12-6-4-3-5-7-12)18-17(23-16)24(20,21)22/h3-11H,1-2H3,(H,20,21,22). The Morgan fingerprint density at radius 2 is 1.58 bits per heavy atom. The summed E-state index contributed by atoms with van der Waals surface area (Å²) in [6.07, 6.45) is 0. The van der Waals surface area contributed by atoms with E-state index in [1.807, 2.05) is 61.5 Å². The zero-order valence-corrected chi connectivity index (χ0v) is 14.0. The van der Waals surface area contributed by atoms with Gasteiger partial charge in [0.25, 0.3) is 0 Å². The predicted octanol–water partition coefficient (Wildman–Crippen LogP) is 3.32. The fourth-order valence-electron chi connectivity index (χ4n) is 2.31. The van der Waals surface area contributed by atoms with Gasteiger partial charge in [0, 0.05) is 30.9 Å². The molecule has 24 heavy (non-hydrogen) atoms. The molecule has 0 unspecified atom stereocenters. The number of hydrogen-bond donors (Lipinski definition) is 1. The molecule has 1 N–H and O–H groups in total. The van der Waals surface area contributed by atoms with Crippen LogP contribution in [-0.2, 0) is 10.1 Å². The van der Waals surface area contributed by atoms with Gasteiger partial charge < -0.3 is 9.32 Å². The minimum atomic E-state index is -4.53. The maximum atomic E-state index is 11.4. The largest absolute Gasteiger partial charge is 0.426 e. The van der Waals surface area contributed by atoms with Gasteiger partial charge >= 0.3 is 15.3 Å². The van der Waals surface area contributed by atoms with Crippen LogP contribution in [0.2, 0.25) is 0 Å². The van der Waals surface area contributed by atoms with Crippen LogP contribution in [0.4, 0.5) is 5.69 Å². The van der Waals surface area contributed by atoms with E-state index in [9.17, 15) is 13.0 Å². The van der Waals surface area contributed by atoms with Crippen LogP contribution in [0, 0.1) is 0 Å². The summed E-state index contributed by atoms with van der Waals surface area (Å²) in [7, 11) is -0.676. The monoisotopic (exact) mass is 344 g/mol. The zero-order chi connectivity index (χ0) is 17.3. The third-order valence-corrected chi connectivity index (χ3v) is 4.14. The van der Waals surface area contributed by atoms with E-state index in [2.05, 4.69) is 4.98 Å². The van der Waals surface area contributed by atoms with E-state index in [1.165, 1.54) is 0 Å². The van der Waals surface area contributed by atoms with Gasteiger partial charge in [-0.25, -0.2) is 0 Å². The number of anilines is 1. The maximum Gasteiger partial charge on any atom is 0.347 e. The number of nitrogens with zero attached hydrogens (tertiary/aromatic N) is 2. The van der Waals surface area contributed by atoms with Crippen molar-refractivity contribution in [2.75, 3.05) is 19.0 Å². The van der Waals surface area contributed by atoms with Crippen molar-refractivity contribution < 1.29 is 17.4 Å². The molecule has 0 radical (unpaired) electrons. The molecule has 0 saturated carbocycles. The molecule has 7 heteroatoms. The van der Waals surface area contributed by atoms with Gasteiger partial charge in [0.2, 0.25) is 0 Å². The van der Waals surface area contributed by atoms with Gasteiger partial charge in [0.05, 0.1) is 0 Å². The predicted molar refractivity (Wildman–Crippen MR) is 91.5 cm³/mol. The molecule has 0 aliphatic rings. The second-order valence-corrected chi connectivity index (χ2v) is 6.74. The van der Waals surface area contributed by atoms with Gasteiger partial charge in [-0.3, -0.25) is 4.55 Å². The first-order valence-corrected chi connectivity index (χ1v) is 8.62. The van der Waals surface area contributed by atoms with Crippen LogP contribution in [0.15, 0.2) is 64.2 Å². The fraction of sp³-hybridized carbons (Fsp3) is 0.118. The molecule has 3 rings (SSSR count). The molecule has 1 aromatic heterocycles. The second-order valence-electron chi connectivity index (χ2n) is 5.44. The fourth-order valence-corrected chi connectivity index (χ4v) is 2.70. The van der Waals surface area contributed by atoms with Crippen molar-refractivity contribution in [1.29, 1.82) is 0 Å². The third-order valence-electron chi connectivity index (χ3n) is 3.52. The van der Waals surface area contributed by atoms with Crippen molar-refractivity contribution in [3.05, 3.63) is 54.6 Å². The molecule has 2 aromatic carbocycles. The number of oxazole rings is 1. The van der Waals surface area contributed by atoms with E-state index in [1.54, 1.807) is 12.1 Å². The summed E-state index contributed by atoms with van der Waals surface area (Å²) in [6, 6.07) is 16.5. The highest BCUT2D eigenvalue weighted by atomic mass is 32.2. The molecule has 0 atom stereocenters. The highest BCUT2D eigenvalue weighted by Gasteiger charge is 2.24. The number of benzene rings is 2. The number of rotatable bonds is 4. The quantitative estimate of drug-likeness (QED) is 0.731. The summed E-state index contributed by atoms with van der Waals surface area (Å²) in [5.74, 6) is 0.291. The minimum Gasteiger partial charge on any atom is -0.426 e. The Morgan fingerprint density at radius 1 is 0.958 bits per heavy atom. The normalized spacial score (nSPS) is 11.5. The Morgan fingerprint density at radius 3 is 2.12 bits per heavy atom. The zero-order valence-electron chi connectivity index (χ0n) is 13.2. The molecular formula is C17H16N2O4S.